The predicted octanol–water partition coefficient (Wildman–Crippen LogP) is 6.84. The molecule has 0 radical (unpaired) electrons. The van der Waals surface area contributed by atoms with Crippen LogP contribution in [0.25, 0.3) is 0 Å². The maximum Gasteiger partial charge on any atom is 0.353 e. The first-order valence-corrected chi connectivity index (χ1v) is 14.7. The molecular formula is C34H31NO7S. The lowest BCUT2D eigenvalue weighted by Gasteiger charge is -2.19. The van der Waals surface area contributed by atoms with E-state index in [1.807, 2.05) is 24.3 Å². The summed E-state index contributed by atoms with van der Waals surface area (Å²) in [5.41, 5.74) is 2.22. The Bertz CT molecular complexity index is 1600. The number of nitrogens with zero attached hydrogens (tertiary/aromatic N) is 1. The average molecular weight is 598 g/mol. The minimum atomic E-state index is -0.684. The Morgan fingerprint density at radius 2 is 1.49 bits per heavy atom. The number of carbonyl (C=O) groups is 4. The van der Waals surface area contributed by atoms with Gasteiger partial charge in [-0.25, -0.2) is 4.79 Å². The number of anilines is 1. The Labute approximate surface area is 253 Å². The largest absolute Gasteiger partial charge is 0.457 e. The molecule has 1 aliphatic rings. The monoisotopic (exact) mass is 597 g/mol. The van der Waals surface area contributed by atoms with E-state index in [1.54, 1.807) is 41.8 Å². The van der Waals surface area contributed by atoms with Crippen molar-refractivity contribution in [1.82, 2.24) is 0 Å². The van der Waals surface area contributed by atoms with Gasteiger partial charge < -0.3 is 19.1 Å². The van der Waals surface area contributed by atoms with Crippen molar-refractivity contribution >= 4 is 40.7 Å². The van der Waals surface area contributed by atoms with Gasteiger partial charge in [0.05, 0.1) is 5.92 Å². The molecule has 1 atom stereocenters. The summed E-state index contributed by atoms with van der Waals surface area (Å²) >= 11 is 1.27. The molecular weight excluding hydrogens is 566 g/mol. The van der Waals surface area contributed by atoms with Crippen LogP contribution in [-0.4, -0.2) is 36.8 Å². The van der Waals surface area contributed by atoms with E-state index >= 15 is 0 Å². The number of hydrogen-bond donors (Lipinski definition) is 0. The van der Waals surface area contributed by atoms with Gasteiger partial charge in [-0.15, -0.1) is 11.3 Å². The average Bonchev–Trinajstić information content (AvgIpc) is 3.67. The summed E-state index contributed by atoms with van der Waals surface area (Å²) in [6, 6.07) is 24.5. The van der Waals surface area contributed by atoms with Gasteiger partial charge in [0.15, 0.2) is 12.4 Å². The standard InChI is InChI=1S/C34H31NO7S/c1-34(2,3)24-8-14-26(15-9-24)41-27-16-10-25(11-17-27)35-20-23(19-31(35)37)32(38)40-21-29(36)22-6-12-28(13-7-22)42-33(39)30-5-4-18-43-30/h4-18,23H,19-21H2,1-3H3/t23-/m0/s1. The van der Waals surface area contributed by atoms with E-state index in [2.05, 4.69) is 20.8 Å². The molecule has 1 aliphatic heterocycles. The van der Waals surface area contributed by atoms with Gasteiger partial charge in [0.1, 0.15) is 22.1 Å². The number of carbonyl (C=O) groups excluding carboxylic acids is 4. The lowest BCUT2D eigenvalue weighted by molar-refractivity contribution is -0.147. The van der Waals surface area contributed by atoms with Gasteiger partial charge in [0.25, 0.3) is 0 Å². The SMILES string of the molecule is CC(C)(C)c1ccc(Oc2ccc(N3C[C@@H](C(=O)OCC(=O)c4ccc(OC(=O)c5cccs5)cc4)CC3=O)cc2)cc1. The molecule has 1 aromatic heterocycles. The van der Waals surface area contributed by atoms with Crippen molar-refractivity contribution in [2.24, 2.45) is 5.92 Å². The van der Waals surface area contributed by atoms with Crippen molar-refractivity contribution in [2.45, 2.75) is 32.6 Å². The molecule has 8 nitrogen and oxygen atoms in total. The van der Waals surface area contributed by atoms with Crippen LogP contribution < -0.4 is 14.4 Å². The molecule has 0 aliphatic carbocycles. The first-order chi connectivity index (χ1) is 20.6. The van der Waals surface area contributed by atoms with Gasteiger partial charge in [-0.2, -0.15) is 0 Å². The molecule has 1 saturated heterocycles. The Hall–Kier alpha value is -4.76. The number of rotatable bonds is 9. The van der Waals surface area contributed by atoms with Crippen LogP contribution in [0.3, 0.4) is 0 Å². The highest BCUT2D eigenvalue weighted by Crippen LogP contribution is 2.30. The maximum atomic E-state index is 12.7. The summed E-state index contributed by atoms with van der Waals surface area (Å²) < 4.78 is 16.5. The molecule has 2 heterocycles. The molecule has 0 bridgehead atoms. The number of ketones is 1. The van der Waals surface area contributed by atoms with Crippen molar-refractivity contribution in [2.75, 3.05) is 18.1 Å². The molecule has 9 heteroatoms. The maximum absolute atomic E-state index is 12.7. The third kappa shape index (κ3) is 7.37. The van der Waals surface area contributed by atoms with Crippen LogP contribution in [0, 0.1) is 5.92 Å². The van der Waals surface area contributed by atoms with Crippen molar-refractivity contribution in [3.05, 3.63) is 106 Å². The molecule has 1 amide bonds. The van der Waals surface area contributed by atoms with Gasteiger partial charge in [0, 0.05) is 24.2 Å². The number of thiophene rings is 1. The number of benzene rings is 3. The normalized spacial score (nSPS) is 14.8. The smallest absolute Gasteiger partial charge is 0.353 e. The number of esters is 2. The van der Waals surface area contributed by atoms with Crippen molar-refractivity contribution in [3.8, 4) is 17.2 Å². The molecule has 220 valence electrons. The first-order valence-electron chi connectivity index (χ1n) is 13.8. The quantitative estimate of drug-likeness (QED) is 0.118. The molecule has 1 fully saturated rings. The summed E-state index contributed by atoms with van der Waals surface area (Å²) in [7, 11) is 0. The van der Waals surface area contributed by atoms with Crippen molar-refractivity contribution < 1.29 is 33.4 Å². The lowest BCUT2D eigenvalue weighted by Crippen LogP contribution is -2.27. The summed E-state index contributed by atoms with van der Waals surface area (Å²) in [5, 5.41) is 1.78. The van der Waals surface area contributed by atoms with Gasteiger partial charge in [-0.05, 0) is 83.1 Å². The molecule has 3 aromatic carbocycles. The zero-order valence-corrected chi connectivity index (χ0v) is 24.9. The number of hydrogen-bond acceptors (Lipinski definition) is 8. The van der Waals surface area contributed by atoms with Gasteiger partial charge in [-0.3, -0.25) is 14.4 Å². The van der Waals surface area contributed by atoms with E-state index in [1.165, 1.54) is 46.1 Å². The van der Waals surface area contributed by atoms with Gasteiger partial charge in [0.2, 0.25) is 5.91 Å². The van der Waals surface area contributed by atoms with Crippen LogP contribution in [0.2, 0.25) is 0 Å². The molecule has 0 unspecified atom stereocenters. The van der Waals surface area contributed by atoms with E-state index in [4.69, 9.17) is 14.2 Å². The van der Waals surface area contributed by atoms with Crippen LogP contribution in [0.15, 0.2) is 90.3 Å². The van der Waals surface area contributed by atoms with Crippen molar-refractivity contribution in [1.29, 1.82) is 0 Å². The first kappa shape index (κ1) is 29.7. The van der Waals surface area contributed by atoms with Crippen LogP contribution in [0.1, 0.15) is 52.8 Å². The number of Topliss-reactive ketones (excluding diaryl/α,β-unsaturated/α-hetero) is 1. The predicted molar refractivity (Wildman–Crippen MR) is 163 cm³/mol. The van der Waals surface area contributed by atoms with Gasteiger partial charge >= 0.3 is 11.9 Å². The minimum Gasteiger partial charge on any atom is -0.457 e. The third-order valence-corrected chi connectivity index (χ3v) is 7.87. The third-order valence-electron chi connectivity index (χ3n) is 7.02. The summed E-state index contributed by atoms with van der Waals surface area (Å²) in [6.07, 6.45) is -0.00426. The van der Waals surface area contributed by atoms with Gasteiger partial charge in [-0.1, -0.05) is 39.0 Å². The van der Waals surface area contributed by atoms with E-state index in [0.717, 1.165) is 0 Å². The van der Waals surface area contributed by atoms with E-state index in [9.17, 15) is 19.2 Å². The fraction of sp³-hybridized carbons (Fsp3) is 0.235. The second-order valence-corrected chi connectivity index (χ2v) is 12.1. The highest BCUT2D eigenvalue weighted by atomic mass is 32.1. The fourth-order valence-electron chi connectivity index (χ4n) is 4.57. The summed E-state index contributed by atoms with van der Waals surface area (Å²) in [6.45, 7) is 6.16. The van der Waals surface area contributed by atoms with Crippen molar-refractivity contribution in [3.63, 3.8) is 0 Å². The van der Waals surface area contributed by atoms with E-state index in [0.29, 0.717) is 33.4 Å². The molecule has 0 spiro atoms. The topological polar surface area (TPSA) is 99.2 Å². The summed E-state index contributed by atoms with van der Waals surface area (Å²) in [5.74, 6) is -0.742. The zero-order chi connectivity index (χ0) is 30.6. The zero-order valence-electron chi connectivity index (χ0n) is 24.1. The second kappa shape index (κ2) is 12.6. The van der Waals surface area contributed by atoms with Crippen LogP contribution in [0.4, 0.5) is 5.69 Å². The number of amides is 1. The molecule has 5 rings (SSSR count). The Morgan fingerprint density at radius 3 is 2.09 bits per heavy atom. The highest BCUT2D eigenvalue weighted by molar-refractivity contribution is 7.12. The molecule has 4 aromatic rings. The van der Waals surface area contributed by atoms with Crippen LogP contribution >= 0.6 is 11.3 Å². The number of ether oxygens (including phenoxy) is 3. The molecule has 0 N–H and O–H groups in total. The molecule has 43 heavy (non-hydrogen) atoms. The Kier molecular flexibility index (Phi) is 8.73. The Balaban J connectivity index is 1.10. The summed E-state index contributed by atoms with van der Waals surface area (Å²) in [4.78, 5) is 52.1. The highest BCUT2D eigenvalue weighted by Gasteiger charge is 2.36. The Morgan fingerprint density at radius 1 is 0.860 bits per heavy atom. The minimum absolute atomic E-state index is 0.00426. The van der Waals surface area contributed by atoms with Crippen LogP contribution in [-0.2, 0) is 19.7 Å². The fourth-order valence-corrected chi connectivity index (χ4v) is 5.17. The van der Waals surface area contributed by atoms with Crippen LogP contribution in [0.5, 0.6) is 17.2 Å². The lowest BCUT2D eigenvalue weighted by atomic mass is 9.87. The van der Waals surface area contributed by atoms with E-state index in [-0.39, 0.29) is 24.3 Å². The second-order valence-electron chi connectivity index (χ2n) is 11.2. The van der Waals surface area contributed by atoms with E-state index < -0.39 is 30.2 Å². The molecule has 0 saturated carbocycles.